The van der Waals surface area contributed by atoms with Gasteiger partial charge in [-0.2, -0.15) is 0 Å². The third-order valence-electron chi connectivity index (χ3n) is 3.47. The van der Waals surface area contributed by atoms with Crippen LogP contribution >= 0.6 is 0 Å². The van der Waals surface area contributed by atoms with Crippen LogP contribution < -0.4 is 0 Å². The van der Waals surface area contributed by atoms with Gasteiger partial charge in [0.1, 0.15) is 6.04 Å². The van der Waals surface area contributed by atoms with Crippen LogP contribution in [0.25, 0.3) is 0 Å². The van der Waals surface area contributed by atoms with E-state index in [0.29, 0.717) is 19.0 Å². The summed E-state index contributed by atoms with van der Waals surface area (Å²) in [5.41, 5.74) is 0. The molecule has 4 nitrogen and oxygen atoms in total. The normalized spacial score (nSPS) is 19.9. The minimum atomic E-state index is -0.762. The summed E-state index contributed by atoms with van der Waals surface area (Å²) in [6, 6.07) is -0.0859. The molecule has 0 aromatic heterocycles. The maximum absolute atomic E-state index is 11.2. The first-order chi connectivity index (χ1) is 7.70. The molecule has 0 spiro atoms. The van der Waals surface area contributed by atoms with Crippen molar-refractivity contribution < 1.29 is 15.0 Å². The highest BCUT2D eigenvalue weighted by molar-refractivity contribution is 5.73. The van der Waals surface area contributed by atoms with Crippen LogP contribution in [-0.2, 0) is 4.79 Å². The zero-order valence-electron chi connectivity index (χ0n) is 10.1. The molecular formula is C12H23NO3. The van der Waals surface area contributed by atoms with Crippen molar-refractivity contribution in [3.63, 3.8) is 0 Å². The van der Waals surface area contributed by atoms with E-state index in [1.165, 1.54) is 19.3 Å². The van der Waals surface area contributed by atoms with Crippen LogP contribution in [0.5, 0.6) is 0 Å². The predicted octanol–water partition coefficient (Wildman–Crippen LogP) is 1.48. The van der Waals surface area contributed by atoms with Gasteiger partial charge in [0, 0.05) is 12.6 Å². The van der Waals surface area contributed by atoms with Crippen LogP contribution in [0.15, 0.2) is 0 Å². The van der Waals surface area contributed by atoms with Gasteiger partial charge in [-0.1, -0.05) is 26.2 Å². The Kier molecular flexibility index (Phi) is 5.77. The summed E-state index contributed by atoms with van der Waals surface area (Å²) in [5, 5.41) is 18.2. The number of aliphatic hydroxyl groups excluding tert-OH is 1. The Balaban J connectivity index is 2.66. The van der Waals surface area contributed by atoms with Crippen LogP contribution in [0.3, 0.4) is 0 Å². The number of carboxylic acids is 1. The maximum atomic E-state index is 11.2. The Labute approximate surface area is 97.3 Å². The van der Waals surface area contributed by atoms with Crippen molar-refractivity contribution in [1.29, 1.82) is 0 Å². The van der Waals surface area contributed by atoms with E-state index in [1.54, 1.807) is 0 Å². The first-order valence-electron chi connectivity index (χ1n) is 6.30. The standard InChI is InChI=1S/C12H23NO3/c1-2-11(12(15)16)13(8-9-14)10-6-4-3-5-7-10/h10-11,14H,2-9H2,1H3,(H,15,16). The third-order valence-corrected chi connectivity index (χ3v) is 3.47. The van der Waals surface area contributed by atoms with E-state index < -0.39 is 12.0 Å². The number of rotatable bonds is 6. The lowest BCUT2D eigenvalue weighted by atomic mass is 9.92. The van der Waals surface area contributed by atoms with E-state index in [2.05, 4.69) is 0 Å². The van der Waals surface area contributed by atoms with E-state index in [9.17, 15) is 9.90 Å². The fourth-order valence-corrected chi connectivity index (χ4v) is 2.67. The largest absolute Gasteiger partial charge is 0.480 e. The fourth-order valence-electron chi connectivity index (χ4n) is 2.67. The van der Waals surface area contributed by atoms with Gasteiger partial charge in [-0.25, -0.2) is 0 Å². The molecule has 0 aliphatic heterocycles. The topological polar surface area (TPSA) is 60.8 Å². The minimum absolute atomic E-state index is 0.0419. The molecule has 0 aromatic carbocycles. The number of nitrogens with zero attached hydrogens (tertiary/aromatic N) is 1. The highest BCUT2D eigenvalue weighted by Crippen LogP contribution is 2.24. The molecule has 94 valence electrons. The summed E-state index contributed by atoms with van der Waals surface area (Å²) in [7, 11) is 0. The molecule has 1 atom stereocenters. The van der Waals surface area contributed by atoms with Gasteiger partial charge >= 0.3 is 5.97 Å². The first-order valence-corrected chi connectivity index (χ1v) is 6.30. The molecule has 0 saturated heterocycles. The lowest BCUT2D eigenvalue weighted by Gasteiger charge is -2.37. The van der Waals surface area contributed by atoms with Crippen molar-refractivity contribution in [2.45, 2.75) is 57.5 Å². The van der Waals surface area contributed by atoms with Gasteiger partial charge in [-0.3, -0.25) is 9.69 Å². The Bertz CT molecular complexity index is 214. The molecule has 1 rings (SSSR count). The molecule has 1 fully saturated rings. The predicted molar refractivity (Wildman–Crippen MR) is 62.4 cm³/mol. The number of carboxylic acid groups (broad SMARTS) is 1. The van der Waals surface area contributed by atoms with E-state index >= 15 is 0 Å². The Morgan fingerprint density at radius 2 is 2.00 bits per heavy atom. The van der Waals surface area contributed by atoms with Crippen LogP contribution in [0.4, 0.5) is 0 Å². The fraction of sp³-hybridized carbons (Fsp3) is 0.917. The van der Waals surface area contributed by atoms with Gasteiger partial charge in [0.05, 0.1) is 6.61 Å². The zero-order valence-corrected chi connectivity index (χ0v) is 10.1. The number of aliphatic carboxylic acids is 1. The van der Waals surface area contributed by atoms with Crippen LogP contribution in [0.1, 0.15) is 45.4 Å². The van der Waals surface area contributed by atoms with Crippen molar-refractivity contribution in [2.24, 2.45) is 0 Å². The summed E-state index contributed by atoms with van der Waals surface area (Å²) in [5.74, 6) is -0.762. The van der Waals surface area contributed by atoms with E-state index in [4.69, 9.17) is 5.11 Å². The number of hydrogen-bond acceptors (Lipinski definition) is 3. The van der Waals surface area contributed by atoms with Crippen molar-refractivity contribution in [3.8, 4) is 0 Å². The summed E-state index contributed by atoms with van der Waals surface area (Å²) in [4.78, 5) is 13.2. The zero-order chi connectivity index (χ0) is 12.0. The summed E-state index contributed by atoms with van der Waals surface area (Å²) in [6.45, 7) is 2.42. The minimum Gasteiger partial charge on any atom is -0.480 e. The van der Waals surface area contributed by atoms with Gasteiger partial charge in [0.2, 0.25) is 0 Å². The van der Waals surface area contributed by atoms with Crippen molar-refractivity contribution in [3.05, 3.63) is 0 Å². The molecule has 0 heterocycles. The van der Waals surface area contributed by atoms with Gasteiger partial charge < -0.3 is 10.2 Å². The molecule has 4 heteroatoms. The first kappa shape index (κ1) is 13.5. The summed E-state index contributed by atoms with van der Waals surface area (Å²) >= 11 is 0. The lowest BCUT2D eigenvalue weighted by molar-refractivity contribution is -0.145. The second-order valence-corrected chi connectivity index (χ2v) is 4.52. The maximum Gasteiger partial charge on any atom is 0.320 e. The van der Waals surface area contributed by atoms with Gasteiger partial charge in [-0.05, 0) is 19.3 Å². The van der Waals surface area contributed by atoms with Crippen molar-refractivity contribution in [2.75, 3.05) is 13.2 Å². The molecule has 16 heavy (non-hydrogen) atoms. The van der Waals surface area contributed by atoms with Crippen LogP contribution in [0.2, 0.25) is 0 Å². The van der Waals surface area contributed by atoms with Gasteiger partial charge in [-0.15, -0.1) is 0 Å². The average molecular weight is 229 g/mol. The average Bonchev–Trinajstić information content (AvgIpc) is 2.29. The number of hydrogen-bond donors (Lipinski definition) is 2. The molecule has 0 amide bonds. The lowest BCUT2D eigenvalue weighted by Crippen LogP contribution is -2.49. The summed E-state index contributed by atoms with van der Waals surface area (Å²) in [6.07, 6.45) is 6.37. The number of aliphatic hydroxyl groups is 1. The van der Waals surface area contributed by atoms with Crippen LogP contribution in [0, 0.1) is 0 Å². The third kappa shape index (κ3) is 3.46. The quantitative estimate of drug-likeness (QED) is 0.724. The van der Waals surface area contributed by atoms with Crippen molar-refractivity contribution in [1.82, 2.24) is 4.90 Å². The van der Waals surface area contributed by atoms with E-state index in [1.807, 2.05) is 11.8 Å². The SMILES string of the molecule is CCC(C(=O)O)N(CCO)C1CCCCC1. The van der Waals surface area contributed by atoms with E-state index in [0.717, 1.165) is 12.8 Å². The molecule has 1 saturated carbocycles. The number of carbonyl (C=O) groups is 1. The van der Waals surface area contributed by atoms with Gasteiger partial charge in [0.15, 0.2) is 0 Å². The van der Waals surface area contributed by atoms with E-state index in [-0.39, 0.29) is 6.61 Å². The Morgan fingerprint density at radius 3 is 2.44 bits per heavy atom. The molecule has 1 aliphatic carbocycles. The molecule has 0 bridgehead atoms. The highest BCUT2D eigenvalue weighted by Gasteiger charge is 2.30. The molecule has 0 radical (unpaired) electrons. The van der Waals surface area contributed by atoms with Gasteiger partial charge in [0.25, 0.3) is 0 Å². The molecule has 2 N–H and O–H groups in total. The molecular weight excluding hydrogens is 206 g/mol. The monoisotopic (exact) mass is 229 g/mol. The molecule has 0 aromatic rings. The Hall–Kier alpha value is -0.610. The second-order valence-electron chi connectivity index (χ2n) is 4.52. The molecule has 1 aliphatic rings. The molecule has 1 unspecified atom stereocenters. The smallest absolute Gasteiger partial charge is 0.320 e. The van der Waals surface area contributed by atoms with Crippen LogP contribution in [-0.4, -0.2) is 46.3 Å². The summed E-state index contributed by atoms with van der Waals surface area (Å²) < 4.78 is 0. The Morgan fingerprint density at radius 1 is 1.38 bits per heavy atom. The second kappa shape index (κ2) is 6.86. The van der Waals surface area contributed by atoms with Crippen molar-refractivity contribution >= 4 is 5.97 Å². The highest BCUT2D eigenvalue weighted by atomic mass is 16.4.